The van der Waals surface area contributed by atoms with E-state index in [1.807, 2.05) is 44.2 Å². The Kier molecular flexibility index (Phi) is 10.8. The molecule has 3 rings (SSSR count). The number of rotatable bonds is 13. The van der Waals surface area contributed by atoms with Crippen molar-refractivity contribution < 1.29 is 22.9 Å². The van der Waals surface area contributed by atoms with Crippen LogP contribution in [-0.2, 0) is 32.6 Å². The van der Waals surface area contributed by atoms with Gasteiger partial charge in [0.05, 0.1) is 16.9 Å². The lowest BCUT2D eigenvalue weighted by Crippen LogP contribution is -2.54. The van der Waals surface area contributed by atoms with Gasteiger partial charge in [-0.05, 0) is 42.7 Å². The first-order valence-corrected chi connectivity index (χ1v) is 15.2. The van der Waals surface area contributed by atoms with Crippen molar-refractivity contribution in [3.05, 3.63) is 105 Å². The first kappa shape index (κ1) is 31.6. The molecule has 0 aromatic heterocycles. The number of sulfonamides is 1. The monoisotopic (exact) mass is 600 g/mol. The van der Waals surface area contributed by atoms with Crippen molar-refractivity contribution in [2.45, 2.75) is 45.3 Å². The number of benzene rings is 3. The summed E-state index contributed by atoms with van der Waals surface area (Å²) in [5.41, 5.74) is 1.13. The van der Waals surface area contributed by atoms with Gasteiger partial charge in [0.1, 0.15) is 12.6 Å². The molecule has 0 aliphatic carbocycles. The van der Waals surface area contributed by atoms with Gasteiger partial charge in [0.2, 0.25) is 21.8 Å². The quantitative estimate of drug-likeness (QED) is 0.226. The minimum Gasteiger partial charge on any atom is -0.352 e. The average Bonchev–Trinajstić information content (AvgIpc) is 2.94. The van der Waals surface area contributed by atoms with Gasteiger partial charge in [-0.3, -0.25) is 24.0 Å². The van der Waals surface area contributed by atoms with Gasteiger partial charge >= 0.3 is 0 Å². The Morgan fingerprint density at radius 3 is 2.24 bits per heavy atom. The van der Waals surface area contributed by atoms with Crippen molar-refractivity contribution in [2.24, 2.45) is 0 Å². The van der Waals surface area contributed by atoms with E-state index in [4.69, 9.17) is 11.6 Å². The second kappa shape index (κ2) is 14.1. The maximum absolute atomic E-state index is 14.0. The Balaban J connectivity index is 2.07. The van der Waals surface area contributed by atoms with Crippen molar-refractivity contribution >= 4 is 44.8 Å². The fourth-order valence-corrected chi connectivity index (χ4v) is 5.12. The van der Waals surface area contributed by atoms with E-state index in [9.17, 15) is 28.1 Å². The number of nitrogens with one attached hydrogen (secondary N) is 1. The van der Waals surface area contributed by atoms with E-state index in [-0.39, 0.29) is 36.3 Å². The van der Waals surface area contributed by atoms with E-state index in [0.717, 1.165) is 22.2 Å². The maximum Gasteiger partial charge on any atom is 0.271 e. The number of hydrogen-bond acceptors (Lipinski definition) is 6. The van der Waals surface area contributed by atoms with Gasteiger partial charge in [-0.1, -0.05) is 67.1 Å². The zero-order valence-electron chi connectivity index (χ0n) is 23.1. The van der Waals surface area contributed by atoms with Crippen molar-refractivity contribution in [3.63, 3.8) is 0 Å². The third-order valence-corrected chi connectivity index (χ3v) is 7.94. The molecule has 10 nitrogen and oxygen atoms in total. The van der Waals surface area contributed by atoms with Crippen LogP contribution < -0.4 is 9.62 Å². The molecule has 0 bridgehead atoms. The molecule has 0 aliphatic rings. The summed E-state index contributed by atoms with van der Waals surface area (Å²) in [5.74, 6) is -1.04. The van der Waals surface area contributed by atoms with Crippen molar-refractivity contribution in [3.8, 4) is 0 Å². The Morgan fingerprint density at radius 2 is 1.66 bits per heavy atom. The molecule has 3 aromatic rings. The number of amides is 2. The fraction of sp³-hybridized carbons (Fsp3) is 0.310. The molecule has 0 spiro atoms. The zero-order chi connectivity index (χ0) is 30.2. The molecule has 0 fully saturated rings. The first-order chi connectivity index (χ1) is 19.4. The molecule has 2 atom stereocenters. The number of halogens is 1. The summed E-state index contributed by atoms with van der Waals surface area (Å²) in [6, 6.07) is 19.9. The highest BCUT2D eigenvalue weighted by atomic mass is 35.5. The molecule has 0 aliphatic heterocycles. The van der Waals surface area contributed by atoms with Crippen LogP contribution in [0.25, 0.3) is 0 Å². The van der Waals surface area contributed by atoms with Gasteiger partial charge in [0, 0.05) is 36.2 Å². The van der Waals surface area contributed by atoms with Gasteiger partial charge in [0.15, 0.2) is 0 Å². The number of carbonyl (C=O) groups is 2. The molecule has 0 saturated carbocycles. The number of hydrogen-bond donors (Lipinski definition) is 1. The highest BCUT2D eigenvalue weighted by Gasteiger charge is 2.33. The maximum atomic E-state index is 14.0. The van der Waals surface area contributed by atoms with Crippen LogP contribution in [0, 0.1) is 10.1 Å². The highest BCUT2D eigenvalue weighted by molar-refractivity contribution is 7.92. The third-order valence-electron chi connectivity index (χ3n) is 6.55. The molecule has 12 heteroatoms. The molecule has 0 unspecified atom stereocenters. The number of anilines is 1. The van der Waals surface area contributed by atoms with Crippen LogP contribution >= 0.6 is 11.6 Å². The molecule has 3 aromatic carbocycles. The lowest BCUT2D eigenvalue weighted by Gasteiger charge is -2.34. The van der Waals surface area contributed by atoms with E-state index < -0.39 is 33.4 Å². The number of nitro benzene ring substituents is 1. The van der Waals surface area contributed by atoms with E-state index in [0.29, 0.717) is 17.0 Å². The highest BCUT2D eigenvalue weighted by Crippen LogP contribution is 2.24. The van der Waals surface area contributed by atoms with Crippen LogP contribution in [0.3, 0.4) is 0 Å². The average molecular weight is 601 g/mol. The fourth-order valence-electron chi connectivity index (χ4n) is 4.16. The van der Waals surface area contributed by atoms with Crippen LogP contribution in [0.5, 0.6) is 0 Å². The minimum absolute atomic E-state index is 0.00598. The lowest BCUT2D eigenvalue weighted by molar-refractivity contribution is -0.384. The molecule has 2 amide bonds. The lowest BCUT2D eigenvalue weighted by atomic mass is 10.0. The smallest absolute Gasteiger partial charge is 0.271 e. The predicted molar refractivity (Wildman–Crippen MR) is 159 cm³/mol. The molecule has 1 N–H and O–H groups in total. The van der Waals surface area contributed by atoms with Gasteiger partial charge in [-0.25, -0.2) is 8.42 Å². The molecule has 0 saturated heterocycles. The Hall–Kier alpha value is -3.96. The molecule has 41 heavy (non-hydrogen) atoms. The molecular weight excluding hydrogens is 568 g/mol. The van der Waals surface area contributed by atoms with E-state index in [1.165, 1.54) is 23.1 Å². The number of nitrogens with zero attached hydrogens (tertiary/aromatic N) is 3. The molecule has 0 heterocycles. The van der Waals surface area contributed by atoms with Gasteiger partial charge in [0.25, 0.3) is 5.69 Å². The predicted octanol–water partition coefficient (Wildman–Crippen LogP) is 4.57. The summed E-state index contributed by atoms with van der Waals surface area (Å²) < 4.78 is 26.5. The van der Waals surface area contributed by atoms with Crippen LogP contribution in [0.1, 0.15) is 31.4 Å². The number of nitro groups is 1. The first-order valence-electron chi connectivity index (χ1n) is 13.0. The van der Waals surface area contributed by atoms with E-state index in [2.05, 4.69) is 5.32 Å². The summed E-state index contributed by atoms with van der Waals surface area (Å²) >= 11 is 6.06. The standard InChI is InChI=1S/C29H33ClN4O6S/c1-4-21(2)31-29(36)27(17-22-9-6-5-7-10-22)32(19-23-13-15-24(30)16-14-23)28(35)20-33(41(3,39)40)25-11-8-12-26(18-25)34(37)38/h5-16,18,21,27H,4,17,19-20H2,1-3H3,(H,31,36)/t21-,27-/m0/s1. The Morgan fingerprint density at radius 1 is 1.00 bits per heavy atom. The molecular formula is C29H33ClN4O6S. The van der Waals surface area contributed by atoms with Crippen LogP contribution in [0.2, 0.25) is 5.02 Å². The third kappa shape index (κ3) is 9.02. The van der Waals surface area contributed by atoms with Gasteiger partial charge in [-0.15, -0.1) is 0 Å². The van der Waals surface area contributed by atoms with Crippen molar-refractivity contribution in [1.29, 1.82) is 0 Å². The van der Waals surface area contributed by atoms with Crippen molar-refractivity contribution in [2.75, 3.05) is 17.1 Å². The summed E-state index contributed by atoms with van der Waals surface area (Å²) in [4.78, 5) is 39.7. The summed E-state index contributed by atoms with van der Waals surface area (Å²) in [6.45, 7) is 3.11. The zero-order valence-corrected chi connectivity index (χ0v) is 24.6. The second-order valence-electron chi connectivity index (χ2n) is 9.72. The largest absolute Gasteiger partial charge is 0.352 e. The summed E-state index contributed by atoms with van der Waals surface area (Å²) in [7, 11) is -4.05. The topological polar surface area (TPSA) is 130 Å². The second-order valence-corrected chi connectivity index (χ2v) is 12.1. The normalized spacial score (nSPS) is 12.7. The summed E-state index contributed by atoms with van der Waals surface area (Å²) in [6.07, 6.45) is 1.77. The SMILES string of the molecule is CC[C@H](C)NC(=O)[C@H](Cc1ccccc1)N(Cc1ccc(Cl)cc1)C(=O)CN(c1cccc([N+](=O)[O-])c1)S(C)(=O)=O. The van der Waals surface area contributed by atoms with E-state index >= 15 is 0 Å². The van der Waals surface area contributed by atoms with E-state index in [1.54, 1.807) is 24.3 Å². The van der Waals surface area contributed by atoms with Crippen LogP contribution in [0.15, 0.2) is 78.9 Å². The number of carbonyl (C=O) groups excluding carboxylic acids is 2. The Bertz CT molecular complexity index is 1470. The van der Waals surface area contributed by atoms with Crippen LogP contribution in [-0.4, -0.2) is 54.9 Å². The number of non-ortho nitro benzene ring substituents is 1. The Labute approximate surface area is 245 Å². The minimum atomic E-state index is -4.05. The molecule has 218 valence electrons. The summed E-state index contributed by atoms with van der Waals surface area (Å²) in [5, 5.41) is 14.8. The van der Waals surface area contributed by atoms with Gasteiger partial charge in [-0.2, -0.15) is 0 Å². The van der Waals surface area contributed by atoms with Gasteiger partial charge < -0.3 is 10.2 Å². The van der Waals surface area contributed by atoms with Crippen LogP contribution in [0.4, 0.5) is 11.4 Å². The van der Waals surface area contributed by atoms with Crippen molar-refractivity contribution in [1.82, 2.24) is 10.2 Å². The molecule has 0 radical (unpaired) electrons.